The monoisotopic (exact) mass is 407 g/mol. The van der Waals surface area contributed by atoms with Crippen LogP contribution in [0.15, 0.2) is 18.2 Å². The van der Waals surface area contributed by atoms with Crippen LogP contribution in [-0.2, 0) is 20.9 Å². The van der Waals surface area contributed by atoms with Crippen LogP contribution >= 0.6 is 0 Å². The molecule has 162 valence electrons. The fourth-order valence-electron chi connectivity index (χ4n) is 3.25. The Hall–Kier alpha value is -2.32. The van der Waals surface area contributed by atoms with Crippen molar-refractivity contribution >= 4 is 11.8 Å². The van der Waals surface area contributed by atoms with Crippen LogP contribution < -0.4 is 20.1 Å². The fraction of sp³-hybridized carbons (Fsp3) is 0.619. The Balaban J connectivity index is 1.93. The van der Waals surface area contributed by atoms with Crippen LogP contribution in [0, 0.1) is 0 Å². The molecule has 1 atom stereocenters. The highest BCUT2D eigenvalue weighted by atomic mass is 16.5. The van der Waals surface area contributed by atoms with E-state index < -0.39 is 6.04 Å². The van der Waals surface area contributed by atoms with E-state index in [4.69, 9.17) is 14.2 Å². The Bertz CT molecular complexity index is 680. The van der Waals surface area contributed by atoms with Gasteiger partial charge in [-0.2, -0.15) is 0 Å². The van der Waals surface area contributed by atoms with Gasteiger partial charge in [0.1, 0.15) is 0 Å². The van der Waals surface area contributed by atoms with Crippen LogP contribution in [0.25, 0.3) is 0 Å². The van der Waals surface area contributed by atoms with Crippen molar-refractivity contribution < 1.29 is 23.8 Å². The quantitative estimate of drug-likeness (QED) is 0.538. The first-order chi connectivity index (χ1) is 13.9. The van der Waals surface area contributed by atoms with E-state index in [2.05, 4.69) is 10.6 Å². The van der Waals surface area contributed by atoms with Gasteiger partial charge >= 0.3 is 0 Å². The number of carbonyl (C=O) groups is 2. The number of rotatable bonds is 11. The van der Waals surface area contributed by atoms with Crippen molar-refractivity contribution in [3.63, 3.8) is 0 Å². The number of benzene rings is 1. The molecule has 0 saturated carbocycles. The van der Waals surface area contributed by atoms with Gasteiger partial charge in [-0.1, -0.05) is 6.07 Å². The standard InChI is InChI=1S/C21H33N3O5/c1-15(2)29-11-5-8-22-20(25)13-17-21(26)23-9-10-24(17)14-16-6-7-18(27-3)19(12-16)28-4/h6-7,12,15,17H,5,8-11,13-14H2,1-4H3,(H,22,25)(H,23,26)/t17-/m1/s1. The third-order valence-electron chi connectivity index (χ3n) is 4.75. The van der Waals surface area contributed by atoms with Crippen molar-refractivity contribution in [1.29, 1.82) is 0 Å². The number of hydrogen-bond acceptors (Lipinski definition) is 6. The van der Waals surface area contributed by atoms with Gasteiger partial charge < -0.3 is 24.8 Å². The average Bonchev–Trinajstić information content (AvgIpc) is 2.70. The van der Waals surface area contributed by atoms with E-state index in [1.807, 2.05) is 36.9 Å². The van der Waals surface area contributed by atoms with Gasteiger partial charge in [0.05, 0.1) is 32.8 Å². The van der Waals surface area contributed by atoms with Crippen LogP contribution in [0.5, 0.6) is 11.5 Å². The highest BCUT2D eigenvalue weighted by molar-refractivity contribution is 5.88. The number of nitrogens with one attached hydrogen (secondary N) is 2. The molecule has 1 aromatic rings. The minimum absolute atomic E-state index is 0.116. The van der Waals surface area contributed by atoms with Gasteiger partial charge in [-0.3, -0.25) is 14.5 Å². The summed E-state index contributed by atoms with van der Waals surface area (Å²) in [4.78, 5) is 26.8. The summed E-state index contributed by atoms with van der Waals surface area (Å²) in [7, 11) is 3.19. The number of ether oxygens (including phenoxy) is 3. The van der Waals surface area contributed by atoms with Crippen molar-refractivity contribution in [2.75, 3.05) is 40.5 Å². The first kappa shape index (κ1) is 23.0. The molecule has 2 N–H and O–H groups in total. The molecule has 2 amide bonds. The molecule has 8 nitrogen and oxygen atoms in total. The largest absolute Gasteiger partial charge is 0.493 e. The maximum Gasteiger partial charge on any atom is 0.237 e. The molecule has 1 aromatic carbocycles. The van der Waals surface area contributed by atoms with Crippen LogP contribution in [-0.4, -0.2) is 69.3 Å². The van der Waals surface area contributed by atoms with Gasteiger partial charge in [0.25, 0.3) is 0 Å². The zero-order valence-corrected chi connectivity index (χ0v) is 17.8. The van der Waals surface area contributed by atoms with Gasteiger partial charge in [-0.15, -0.1) is 0 Å². The fourth-order valence-corrected chi connectivity index (χ4v) is 3.25. The lowest BCUT2D eigenvalue weighted by molar-refractivity contribution is -0.134. The highest BCUT2D eigenvalue weighted by Gasteiger charge is 2.31. The normalized spacial score (nSPS) is 17.1. The molecule has 1 heterocycles. The molecule has 2 rings (SSSR count). The number of nitrogens with zero attached hydrogens (tertiary/aromatic N) is 1. The van der Waals surface area contributed by atoms with E-state index in [1.54, 1.807) is 14.2 Å². The van der Waals surface area contributed by atoms with Crippen molar-refractivity contribution in [3.8, 4) is 11.5 Å². The molecule has 0 unspecified atom stereocenters. The highest BCUT2D eigenvalue weighted by Crippen LogP contribution is 2.28. The smallest absolute Gasteiger partial charge is 0.237 e. The Morgan fingerprint density at radius 1 is 1.28 bits per heavy atom. The Kier molecular flexibility index (Phi) is 9.21. The van der Waals surface area contributed by atoms with E-state index in [0.29, 0.717) is 44.3 Å². The third-order valence-corrected chi connectivity index (χ3v) is 4.75. The van der Waals surface area contributed by atoms with Crippen molar-refractivity contribution in [2.24, 2.45) is 0 Å². The zero-order valence-electron chi connectivity index (χ0n) is 17.8. The van der Waals surface area contributed by atoms with E-state index in [9.17, 15) is 9.59 Å². The van der Waals surface area contributed by atoms with Crippen LogP contribution in [0.3, 0.4) is 0 Å². The number of amides is 2. The van der Waals surface area contributed by atoms with E-state index in [1.165, 1.54) is 0 Å². The number of carbonyl (C=O) groups excluding carboxylic acids is 2. The first-order valence-corrected chi connectivity index (χ1v) is 10.1. The number of methoxy groups -OCH3 is 2. The predicted molar refractivity (Wildman–Crippen MR) is 110 cm³/mol. The zero-order chi connectivity index (χ0) is 21.2. The topological polar surface area (TPSA) is 89.1 Å². The van der Waals surface area contributed by atoms with Gasteiger partial charge in [0, 0.05) is 32.8 Å². The molecular weight excluding hydrogens is 374 g/mol. The van der Waals surface area contributed by atoms with Crippen molar-refractivity contribution in [2.45, 2.75) is 45.4 Å². The summed E-state index contributed by atoms with van der Waals surface area (Å²) in [5, 5.41) is 5.74. The van der Waals surface area contributed by atoms with E-state index >= 15 is 0 Å². The summed E-state index contributed by atoms with van der Waals surface area (Å²) in [6.45, 7) is 6.90. The van der Waals surface area contributed by atoms with Crippen molar-refractivity contribution in [1.82, 2.24) is 15.5 Å². The molecule has 8 heteroatoms. The SMILES string of the molecule is COc1ccc(CN2CCNC(=O)[C@H]2CC(=O)NCCCOC(C)C)cc1OC. The molecule has 0 aliphatic carbocycles. The summed E-state index contributed by atoms with van der Waals surface area (Å²) in [5.74, 6) is 1.05. The molecule has 1 aliphatic heterocycles. The molecule has 1 aliphatic rings. The summed E-state index contributed by atoms with van der Waals surface area (Å²) < 4.78 is 16.1. The van der Waals surface area contributed by atoms with E-state index in [-0.39, 0.29) is 24.3 Å². The van der Waals surface area contributed by atoms with Gasteiger partial charge in [0.2, 0.25) is 11.8 Å². The second kappa shape index (κ2) is 11.6. The Morgan fingerprint density at radius 3 is 2.72 bits per heavy atom. The average molecular weight is 408 g/mol. The molecule has 29 heavy (non-hydrogen) atoms. The Morgan fingerprint density at radius 2 is 2.03 bits per heavy atom. The molecule has 0 aromatic heterocycles. The minimum Gasteiger partial charge on any atom is -0.493 e. The summed E-state index contributed by atoms with van der Waals surface area (Å²) in [6, 6.07) is 5.19. The first-order valence-electron chi connectivity index (χ1n) is 10.1. The summed E-state index contributed by atoms with van der Waals surface area (Å²) in [5.41, 5.74) is 0.994. The molecule has 0 spiro atoms. The number of hydrogen-bond donors (Lipinski definition) is 2. The lowest BCUT2D eigenvalue weighted by Gasteiger charge is -2.34. The molecule has 1 saturated heterocycles. The van der Waals surface area contributed by atoms with Gasteiger partial charge in [0.15, 0.2) is 11.5 Å². The maximum absolute atomic E-state index is 12.4. The predicted octanol–water partition coefficient (Wildman–Crippen LogP) is 1.33. The van der Waals surface area contributed by atoms with Crippen LogP contribution in [0.1, 0.15) is 32.3 Å². The lowest BCUT2D eigenvalue weighted by Crippen LogP contribution is -2.56. The Labute approximate surface area is 172 Å². The third kappa shape index (κ3) is 7.21. The molecule has 1 fully saturated rings. The second-order valence-electron chi connectivity index (χ2n) is 7.29. The minimum atomic E-state index is -0.497. The molecule has 0 bridgehead atoms. The van der Waals surface area contributed by atoms with Gasteiger partial charge in [-0.05, 0) is 38.0 Å². The molecule has 0 radical (unpaired) electrons. The summed E-state index contributed by atoms with van der Waals surface area (Å²) in [6.07, 6.45) is 1.06. The maximum atomic E-state index is 12.4. The van der Waals surface area contributed by atoms with Crippen molar-refractivity contribution in [3.05, 3.63) is 23.8 Å². The summed E-state index contributed by atoms with van der Waals surface area (Å²) >= 11 is 0. The van der Waals surface area contributed by atoms with Crippen LogP contribution in [0.4, 0.5) is 0 Å². The lowest BCUT2D eigenvalue weighted by atomic mass is 10.1. The van der Waals surface area contributed by atoms with Crippen LogP contribution in [0.2, 0.25) is 0 Å². The second-order valence-corrected chi connectivity index (χ2v) is 7.29. The van der Waals surface area contributed by atoms with Gasteiger partial charge in [-0.25, -0.2) is 0 Å². The number of piperazine rings is 1. The van der Waals surface area contributed by atoms with E-state index in [0.717, 1.165) is 12.0 Å². The molecular formula is C21H33N3O5.